The average molecular weight is 257 g/mol. The molecule has 0 amide bonds. The van der Waals surface area contributed by atoms with Crippen molar-refractivity contribution < 1.29 is 4.42 Å². The van der Waals surface area contributed by atoms with E-state index >= 15 is 0 Å². The SMILES string of the molecule is Cn1c(=O)oc2ccc(-c3cc(N)[nH]c(=O)c3)cc21. The van der Waals surface area contributed by atoms with Crippen LogP contribution in [0, 0.1) is 0 Å². The fraction of sp³-hybridized carbons (Fsp3) is 0.0769. The minimum Gasteiger partial charge on any atom is -0.408 e. The predicted molar refractivity (Wildman–Crippen MR) is 71.9 cm³/mol. The average Bonchev–Trinajstić information content (AvgIpc) is 2.64. The molecule has 96 valence electrons. The number of anilines is 1. The molecule has 0 aliphatic carbocycles. The molecule has 0 aliphatic rings. The molecule has 3 rings (SSSR count). The maximum atomic E-state index is 11.4. The lowest BCUT2D eigenvalue weighted by Crippen LogP contribution is -2.08. The third-order valence-corrected chi connectivity index (χ3v) is 2.99. The molecule has 0 aliphatic heterocycles. The third kappa shape index (κ3) is 1.83. The number of benzene rings is 1. The monoisotopic (exact) mass is 257 g/mol. The number of H-pyrrole nitrogens is 1. The van der Waals surface area contributed by atoms with Crippen molar-refractivity contribution in [2.45, 2.75) is 0 Å². The van der Waals surface area contributed by atoms with E-state index in [1.807, 2.05) is 0 Å². The van der Waals surface area contributed by atoms with Crippen LogP contribution in [0.4, 0.5) is 5.82 Å². The summed E-state index contributed by atoms with van der Waals surface area (Å²) in [6.07, 6.45) is 0. The number of nitrogens with one attached hydrogen (secondary N) is 1. The summed E-state index contributed by atoms with van der Waals surface area (Å²) in [5.74, 6) is -0.124. The second-order valence-corrected chi connectivity index (χ2v) is 4.30. The first-order valence-electron chi connectivity index (χ1n) is 5.64. The third-order valence-electron chi connectivity index (χ3n) is 2.99. The summed E-state index contributed by atoms with van der Waals surface area (Å²) >= 11 is 0. The topological polar surface area (TPSA) is 94.0 Å². The second kappa shape index (κ2) is 3.88. The minimum absolute atomic E-state index is 0.267. The smallest absolute Gasteiger partial charge is 0.408 e. The van der Waals surface area contributed by atoms with Gasteiger partial charge < -0.3 is 15.1 Å². The number of oxazole rings is 1. The summed E-state index contributed by atoms with van der Waals surface area (Å²) in [6.45, 7) is 0. The number of nitrogen functional groups attached to an aromatic ring is 1. The van der Waals surface area contributed by atoms with Gasteiger partial charge in [-0.25, -0.2) is 4.79 Å². The summed E-state index contributed by atoms with van der Waals surface area (Å²) in [6, 6.07) is 8.38. The Bertz CT molecular complexity index is 886. The lowest BCUT2D eigenvalue weighted by atomic mass is 10.1. The van der Waals surface area contributed by atoms with Gasteiger partial charge in [0.05, 0.1) is 5.52 Å². The van der Waals surface area contributed by atoms with E-state index in [4.69, 9.17) is 10.2 Å². The number of fused-ring (bicyclic) bond motifs is 1. The van der Waals surface area contributed by atoms with Crippen LogP contribution in [0.2, 0.25) is 0 Å². The summed E-state index contributed by atoms with van der Waals surface area (Å²) < 4.78 is 6.46. The molecule has 2 aromatic heterocycles. The zero-order valence-corrected chi connectivity index (χ0v) is 10.1. The van der Waals surface area contributed by atoms with E-state index in [1.54, 1.807) is 31.3 Å². The molecule has 0 bridgehead atoms. The number of nitrogens with two attached hydrogens (primary N) is 1. The second-order valence-electron chi connectivity index (χ2n) is 4.30. The van der Waals surface area contributed by atoms with E-state index in [-0.39, 0.29) is 5.56 Å². The van der Waals surface area contributed by atoms with Crippen LogP contribution in [0.15, 0.2) is 44.3 Å². The van der Waals surface area contributed by atoms with Gasteiger partial charge in [0.1, 0.15) is 5.82 Å². The van der Waals surface area contributed by atoms with Crippen LogP contribution in [0.1, 0.15) is 0 Å². The maximum absolute atomic E-state index is 11.4. The van der Waals surface area contributed by atoms with Crippen molar-refractivity contribution >= 4 is 16.9 Å². The highest BCUT2D eigenvalue weighted by Gasteiger charge is 2.08. The van der Waals surface area contributed by atoms with Crippen molar-refractivity contribution in [2.24, 2.45) is 7.05 Å². The van der Waals surface area contributed by atoms with Gasteiger partial charge in [0.2, 0.25) is 5.56 Å². The number of rotatable bonds is 1. The highest BCUT2D eigenvalue weighted by molar-refractivity contribution is 5.81. The first kappa shape index (κ1) is 11.3. The van der Waals surface area contributed by atoms with E-state index in [9.17, 15) is 9.59 Å². The predicted octanol–water partition coefficient (Wildman–Crippen LogP) is 1.07. The molecule has 0 saturated heterocycles. The number of nitrogens with zero attached hydrogens (tertiary/aromatic N) is 1. The molecular weight excluding hydrogens is 246 g/mol. The maximum Gasteiger partial charge on any atom is 0.419 e. The Morgan fingerprint density at radius 3 is 2.68 bits per heavy atom. The van der Waals surface area contributed by atoms with E-state index in [0.717, 1.165) is 5.56 Å². The minimum atomic E-state index is -0.419. The zero-order chi connectivity index (χ0) is 13.6. The van der Waals surface area contributed by atoms with Crippen molar-refractivity contribution in [1.82, 2.24) is 9.55 Å². The van der Waals surface area contributed by atoms with Crippen LogP contribution in [-0.2, 0) is 7.05 Å². The molecule has 3 aromatic rings. The van der Waals surface area contributed by atoms with Gasteiger partial charge in [0.15, 0.2) is 5.58 Å². The van der Waals surface area contributed by atoms with Gasteiger partial charge in [-0.1, -0.05) is 6.07 Å². The molecule has 0 radical (unpaired) electrons. The molecule has 19 heavy (non-hydrogen) atoms. The number of hydrogen-bond donors (Lipinski definition) is 2. The molecule has 6 heteroatoms. The lowest BCUT2D eigenvalue weighted by molar-refractivity contribution is 0.528. The molecular formula is C13H11N3O3. The number of aromatic amines is 1. The van der Waals surface area contributed by atoms with E-state index < -0.39 is 5.76 Å². The fourth-order valence-electron chi connectivity index (χ4n) is 2.04. The normalized spacial score (nSPS) is 11.0. The standard InChI is InChI=1S/C13H11N3O3/c1-16-9-4-7(2-3-10(9)19-13(16)18)8-5-11(14)15-12(17)6-8/h2-6H,1H3,(H3,14,15,17). The van der Waals surface area contributed by atoms with Crippen LogP contribution >= 0.6 is 0 Å². The summed E-state index contributed by atoms with van der Waals surface area (Å²) in [7, 11) is 1.63. The number of aromatic nitrogens is 2. The van der Waals surface area contributed by atoms with E-state index in [2.05, 4.69) is 4.98 Å². The molecule has 0 spiro atoms. The Morgan fingerprint density at radius 2 is 1.95 bits per heavy atom. The first-order valence-corrected chi connectivity index (χ1v) is 5.64. The van der Waals surface area contributed by atoms with E-state index in [0.29, 0.717) is 22.5 Å². The quantitative estimate of drug-likeness (QED) is 0.681. The van der Waals surface area contributed by atoms with Crippen LogP contribution in [0.5, 0.6) is 0 Å². The largest absolute Gasteiger partial charge is 0.419 e. The van der Waals surface area contributed by atoms with Crippen LogP contribution in [0.3, 0.4) is 0 Å². The molecule has 6 nitrogen and oxygen atoms in total. The Balaban J connectivity index is 2.28. The number of hydrogen-bond acceptors (Lipinski definition) is 4. The van der Waals surface area contributed by atoms with Gasteiger partial charge in [0.25, 0.3) is 0 Å². The fourth-order valence-corrected chi connectivity index (χ4v) is 2.04. The summed E-state index contributed by atoms with van der Waals surface area (Å²) in [4.78, 5) is 25.3. The number of pyridine rings is 1. The Hall–Kier alpha value is -2.76. The molecule has 2 heterocycles. The van der Waals surface area contributed by atoms with Crippen molar-refractivity contribution in [3.63, 3.8) is 0 Å². The Morgan fingerprint density at radius 1 is 1.16 bits per heavy atom. The lowest BCUT2D eigenvalue weighted by Gasteiger charge is -2.02. The highest BCUT2D eigenvalue weighted by atomic mass is 16.4. The van der Waals surface area contributed by atoms with Gasteiger partial charge in [-0.15, -0.1) is 0 Å². The van der Waals surface area contributed by atoms with Gasteiger partial charge in [-0.05, 0) is 29.3 Å². The molecule has 3 N–H and O–H groups in total. The van der Waals surface area contributed by atoms with Gasteiger partial charge in [-0.2, -0.15) is 0 Å². The number of aryl methyl sites for hydroxylation is 1. The van der Waals surface area contributed by atoms with Gasteiger partial charge in [-0.3, -0.25) is 9.36 Å². The molecule has 0 atom stereocenters. The van der Waals surface area contributed by atoms with Crippen LogP contribution in [-0.4, -0.2) is 9.55 Å². The van der Waals surface area contributed by atoms with Gasteiger partial charge in [0, 0.05) is 13.1 Å². The summed E-state index contributed by atoms with van der Waals surface area (Å²) in [5, 5.41) is 0. The Kier molecular flexibility index (Phi) is 2.31. The van der Waals surface area contributed by atoms with Crippen LogP contribution in [0.25, 0.3) is 22.2 Å². The zero-order valence-electron chi connectivity index (χ0n) is 10.1. The summed E-state index contributed by atoms with van der Waals surface area (Å²) in [5.41, 5.74) is 8.01. The van der Waals surface area contributed by atoms with Crippen molar-refractivity contribution in [3.05, 3.63) is 51.2 Å². The van der Waals surface area contributed by atoms with E-state index in [1.165, 1.54) is 10.6 Å². The molecule has 0 unspecified atom stereocenters. The molecule has 0 fully saturated rings. The van der Waals surface area contributed by atoms with Crippen molar-refractivity contribution in [1.29, 1.82) is 0 Å². The first-order chi connectivity index (χ1) is 9.04. The molecule has 1 aromatic carbocycles. The van der Waals surface area contributed by atoms with Gasteiger partial charge >= 0.3 is 5.76 Å². The molecule has 0 saturated carbocycles. The van der Waals surface area contributed by atoms with Crippen molar-refractivity contribution in [2.75, 3.05) is 5.73 Å². The van der Waals surface area contributed by atoms with Crippen LogP contribution < -0.4 is 17.0 Å². The highest BCUT2D eigenvalue weighted by Crippen LogP contribution is 2.23. The van der Waals surface area contributed by atoms with Crippen molar-refractivity contribution in [3.8, 4) is 11.1 Å². The Labute approximate surface area is 107 Å².